The molecule has 2 rings (SSSR count). The second-order valence-electron chi connectivity index (χ2n) is 5.26. The highest BCUT2D eigenvalue weighted by Crippen LogP contribution is 2.24. The lowest BCUT2D eigenvalue weighted by Crippen LogP contribution is -2.39. The van der Waals surface area contributed by atoms with E-state index in [4.69, 9.17) is 9.84 Å². The van der Waals surface area contributed by atoms with Crippen molar-refractivity contribution < 1.29 is 19.4 Å². The second kappa shape index (κ2) is 6.74. The summed E-state index contributed by atoms with van der Waals surface area (Å²) in [6, 6.07) is 1.68. The summed E-state index contributed by atoms with van der Waals surface area (Å²) in [5.41, 5.74) is 0. The van der Waals surface area contributed by atoms with Crippen LogP contribution >= 0.6 is 11.3 Å². The lowest BCUT2D eigenvalue weighted by Gasteiger charge is -2.26. The van der Waals surface area contributed by atoms with Gasteiger partial charge >= 0.3 is 5.97 Å². The van der Waals surface area contributed by atoms with Crippen LogP contribution in [-0.2, 0) is 4.79 Å². The summed E-state index contributed by atoms with van der Waals surface area (Å²) in [5, 5.41) is 13.3. The van der Waals surface area contributed by atoms with Gasteiger partial charge in [0.1, 0.15) is 10.6 Å². The summed E-state index contributed by atoms with van der Waals surface area (Å²) in [7, 11) is 0. The van der Waals surface area contributed by atoms with Gasteiger partial charge in [0.2, 0.25) is 0 Å². The van der Waals surface area contributed by atoms with Crippen LogP contribution < -0.4 is 10.1 Å². The van der Waals surface area contributed by atoms with Crippen molar-refractivity contribution in [1.29, 1.82) is 0 Å². The van der Waals surface area contributed by atoms with Crippen LogP contribution in [0.5, 0.6) is 5.75 Å². The summed E-state index contributed by atoms with van der Waals surface area (Å²) >= 11 is 1.09. The van der Waals surface area contributed by atoms with E-state index < -0.39 is 5.97 Å². The van der Waals surface area contributed by atoms with Crippen LogP contribution in [0, 0.1) is 5.92 Å². The molecule has 1 fully saturated rings. The summed E-state index contributed by atoms with van der Waals surface area (Å²) < 4.78 is 5.30. The highest BCUT2D eigenvalue weighted by Gasteiger charge is 2.19. The Morgan fingerprint density at radius 3 is 2.70 bits per heavy atom. The molecule has 1 aromatic heterocycles. The zero-order valence-corrected chi connectivity index (χ0v) is 12.2. The van der Waals surface area contributed by atoms with Crippen molar-refractivity contribution in [2.75, 3.05) is 6.61 Å². The number of amides is 1. The Labute approximate surface area is 121 Å². The Morgan fingerprint density at radius 1 is 1.40 bits per heavy atom. The van der Waals surface area contributed by atoms with Crippen molar-refractivity contribution in [1.82, 2.24) is 5.32 Å². The van der Waals surface area contributed by atoms with E-state index in [1.807, 2.05) is 0 Å². The van der Waals surface area contributed by atoms with Gasteiger partial charge in [-0.05, 0) is 31.6 Å². The molecule has 0 aromatic carbocycles. The number of carbonyl (C=O) groups excluding carboxylic acids is 1. The van der Waals surface area contributed by atoms with Gasteiger partial charge in [0, 0.05) is 17.5 Å². The number of aromatic carboxylic acids is 1. The van der Waals surface area contributed by atoms with Crippen LogP contribution in [0.4, 0.5) is 0 Å². The maximum atomic E-state index is 11.8. The number of carboxylic acids is 1. The molecule has 0 aliphatic heterocycles. The van der Waals surface area contributed by atoms with E-state index in [0.717, 1.165) is 42.9 Å². The van der Waals surface area contributed by atoms with Crippen LogP contribution in [0.15, 0.2) is 11.4 Å². The number of thiophene rings is 1. The molecule has 5 nitrogen and oxygen atoms in total. The first-order valence-corrected chi connectivity index (χ1v) is 7.66. The number of hydrogen-bond donors (Lipinski definition) is 2. The molecule has 1 aromatic rings. The molecule has 0 bridgehead atoms. The van der Waals surface area contributed by atoms with E-state index >= 15 is 0 Å². The first-order chi connectivity index (χ1) is 9.54. The summed E-state index contributed by atoms with van der Waals surface area (Å²) in [6.07, 6.45) is 4.35. The Kier molecular flexibility index (Phi) is 5.00. The summed E-state index contributed by atoms with van der Waals surface area (Å²) in [6.45, 7) is 2.17. The zero-order valence-electron chi connectivity index (χ0n) is 11.4. The summed E-state index contributed by atoms with van der Waals surface area (Å²) in [5.74, 6) is 0.0534. The topological polar surface area (TPSA) is 75.6 Å². The second-order valence-corrected chi connectivity index (χ2v) is 6.18. The Balaban J connectivity index is 1.73. The van der Waals surface area contributed by atoms with E-state index in [0.29, 0.717) is 5.75 Å². The molecule has 6 heteroatoms. The monoisotopic (exact) mass is 297 g/mol. The first-order valence-electron chi connectivity index (χ1n) is 6.78. The highest BCUT2D eigenvalue weighted by molar-refractivity contribution is 7.12. The standard InChI is InChI=1S/C14H19NO4S/c1-9-2-4-10(5-3-9)15-13(16)7-19-11-6-12(14(17)18)20-8-11/h6,8-10H,2-5,7H2,1H3,(H,15,16)(H,17,18). The summed E-state index contributed by atoms with van der Waals surface area (Å²) in [4.78, 5) is 22.7. The van der Waals surface area contributed by atoms with E-state index in [1.54, 1.807) is 5.38 Å². The number of ether oxygens (including phenoxy) is 1. The van der Waals surface area contributed by atoms with Gasteiger partial charge in [0.05, 0.1) is 0 Å². The van der Waals surface area contributed by atoms with E-state index in [9.17, 15) is 9.59 Å². The number of hydrogen-bond acceptors (Lipinski definition) is 4. The molecule has 1 heterocycles. The van der Waals surface area contributed by atoms with Crippen molar-refractivity contribution >= 4 is 23.2 Å². The molecule has 0 spiro atoms. The van der Waals surface area contributed by atoms with Crippen molar-refractivity contribution in [3.8, 4) is 5.75 Å². The lowest BCUT2D eigenvalue weighted by atomic mass is 9.87. The molecular weight excluding hydrogens is 278 g/mol. The molecule has 0 saturated heterocycles. The SMILES string of the molecule is CC1CCC(NC(=O)COc2csc(C(=O)O)c2)CC1. The molecule has 0 unspecified atom stereocenters. The molecule has 1 amide bonds. The predicted molar refractivity (Wildman–Crippen MR) is 76.3 cm³/mol. The predicted octanol–water partition coefficient (Wildman–Crippen LogP) is 2.52. The fraction of sp³-hybridized carbons (Fsp3) is 0.571. The molecule has 1 aliphatic carbocycles. The van der Waals surface area contributed by atoms with E-state index in [2.05, 4.69) is 12.2 Å². The Bertz CT molecular complexity index is 477. The third-order valence-electron chi connectivity index (χ3n) is 3.54. The Morgan fingerprint density at radius 2 is 2.10 bits per heavy atom. The third kappa shape index (κ3) is 4.23. The van der Waals surface area contributed by atoms with Gasteiger partial charge < -0.3 is 15.2 Å². The van der Waals surface area contributed by atoms with Gasteiger partial charge in [-0.25, -0.2) is 4.79 Å². The lowest BCUT2D eigenvalue weighted by molar-refractivity contribution is -0.124. The van der Waals surface area contributed by atoms with E-state index in [-0.39, 0.29) is 23.4 Å². The van der Waals surface area contributed by atoms with Gasteiger partial charge in [0.15, 0.2) is 6.61 Å². The molecule has 1 aliphatic rings. The minimum Gasteiger partial charge on any atom is -0.483 e. The Hall–Kier alpha value is -1.56. The fourth-order valence-corrected chi connectivity index (χ4v) is 2.99. The molecular formula is C14H19NO4S. The maximum Gasteiger partial charge on any atom is 0.346 e. The van der Waals surface area contributed by atoms with Crippen molar-refractivity contribution in [3.05, 3.63) is 16.3 Å². The first kappa shape index (κ1) is 14.8. The molecule has 0 radical (unpaired) electrons. The van der Waals surface area contributed by atoms with Crippen molar-refractivity contribution in [2.45, 2.75) is 38.6 Å². The highest BCUT2D eigenvalue weighted by atomic mass is 32.1. The minimum atomic E-state index is -0.981. The van der Waals surface area contributed by atoms with Crippen molar-refractivity contribution in [2.24, 2.45) is 5.92 Å². The molecule has 20 heavy (non-hydrogen) atoms. The maximum absolute atomic E-state index is 11.8. The molecule has 0 atom stereocenters. The minimum absolute atomic E-state index is 0.0676. The number of rotatable bonds is 5. The number of carboxylic acid groups (broad SMARTS) is 1. The smallest absolute Gasteiger partial charge is 0.346 e. The van der Waals surface area contributed by atoms with Gasteiger partial charge in [-0.3, -0.25) is 4.79 Å². The zero-order chi connectivity index (χ0) is 14.5. The third-order valence-corrected chi connectivity index (χ3v) is 4.43. The van der Waals surface area contributed by atoms with Gasteiger partial charge in [0.25, 0.3) is 5.91 Å². The van der Waals surface area contributed by atoms with Crippen LogP contribution in [0.1, 0.15) is 42.3 Å². The van der Waals surface area contributed by atoms with Crippen LogP contribution in [0.25, 0.3) is 0 Å². The van der Waals surface area contributed by atoms with Crippen molar-refractivity contribution in [3.63, 3.8) is 0 Å². The number of nitrogens with one attached hydrogen (secondary N) is 1. The van der Waals surface area contributed by atoms with E-state index in [1.165, 1.54) is 6.07 Å². The van der Waals surface area contributed by atoms with Crippen LogP contribution in [0.3, 0.4) is 0 Å². The van der Waals surface area contributed by atoms with Gasteiger partial charge in [-0.1, -0.05) is 6.92 Å². The molecule has 1 saturated carbocycles. The van der Waals surface area contributed by atoms with Crippen LogP contribution in [-0.4, -0.2) is 29.6 Å². The largest absolute Gasteiger partial charge is 0.483 e. The number of carbonyl (C=O) groups is 2. The fourth-order valence-electron chi connectivity index (χ4n) is 2.33. The average Bonchev–Trinajstić information content (AvgIpc) is 2.88. The molecule has 2 N–H and O–H groups in total. The average molecular weight is 297 g/mol. The van der Waals surface area contributed by atoms with Crippen LogP contribution in [0.2, 0.25) is 0 Å². The molecule has 110 valence electrons. The van der Waals surface area contributed by atoms with Gasteiger partial charge in [-0.2, -0.15) is 0 Å². The normalized spacial score (nSPS) is 22.2. The quantitative estimate of drug-likeness (QED) is 0.875. The van der Waals surface area contributed by atoms with Gasteiger partial charge in [-0.15, -0.1) is 11.3 Å².